The number of Topliss-reactive ketones (excluding diaryl/α,β-unsaturated/α-hetero) is 1. The van der Waals surface area contributed by atoms with Crippen LogP contribution in [0.4, 0.5) is 0 Å². The number of benzene rings is 2. The van der Waals surface area contributed by atoms with E-state index in [1.165, 1.54) is 25.3 Å². The molecule has 39 heavy (non-hydrogen) atoms. The second-order valence-corrected chi connectivity index (χ2v) is 10.5. The van der Waals surface area contributed by atoms with Crippen molar-refractivity contribution in [3.63, 3.8) is 0 Å². The molecule has 2 aromatic rings. The zero-order chi connectivity index (χ0) is 28.4. The van der Waals surface area contributed by atoms with Gasteiger partial charge < -0.3 is 39.7 Å². The van der Waals surface area contributed by atoms with Gasteiger partial charge in [-0.05, 0) is 18.9 Å². The summed E-state index contributed by atoms with van der Waals surface area (Å²) in [7, 11) is 1.33. The van der Waals surface area contributed by atoms with Crippen LogP contribution in [0.5, 0.6) is 17.2 Å². The fraction of sp³-hybridized carbons (Fsp3) is 0.464. The molecule has 0 spiro atoms. The molecule has 11 heteroatoms. The Morgan fingerprint density at radius 2 is 1.79 bits per heavy atom. The average molecular weight is 543 g/mol. The first kappa shape index (κ1) is 27.2. The molecule has 208 valence electrons. The Labute approximate surface area is 223 Å². The maximum absolute atomic E-state index is 13.7. The van der Waals surface area contributed by atoms with Crippen molar-refractivity contribution in [1.82, 2.24) is 0 Å². The highest BCUT2D eigenvalue weighted by Gasteiger charge is 2.50. The molecule has 2 aliphatic carbocycles. The second kappa shape index (κ2) is 9.68. The molecule has 0 aromatic heterocycles. The van der Waals surface area contributed by atoms with Crippen LogP contribution in [0.2, 0.25) is 0 Å². The number of ether oxygens (including phenoxy) is 3. The van der Waals surface area contributed by atoms with Crippen LogP contribution in [0.3, 0.4) is 0 Å². The highest BCUT2D eigenvalue weighted by molar-refractivity contribution is 6.31. The number of fused-ring (bicyclic) bond motifs is 3. The number of carbonyl (C=O) groups is 3. The van der Waals surface area contributed by atoms with E-state index in [4.69, 9.17) is 14.2 Å². The average Bonchev–Trinajstić information content (AvgIpc) is 2.90. The molecule has 1 heterocycles. The lowest BCUT2D eigenvalue weighted by molar-refractivity contribution is -0.255. The van der Waals surface area contributed by atoms with E-state index in [-0.39, 0.29) is 40.3 Å². The number of rotatable bonds is 5. The fourth-order valence-electron chi connectivity index (χ4n) is 5.95. The molecule has 1 saturated heterocycles. The van der Waals surface area contributed by atoms with Crippen LogP contribution in [-0.4, -0.2) is 80.7 Å². The van der Waals surface area contributed by atoms with Crippen LogP contribution in [0.1, 0.15) is 75.8 Å². The summed E-state index contributed by atoms with van der Waals surface area (Å²) in [5.41, 5.74) is -3.45. The van der Waals surface area contributed by atoms with E-state index in [0.29, 0.717) is 0 Å². The van der Waals surface area contributed by atoms with Gasteiger partial charge in [-0.15, -0.1) is 0 Å². The van der Waals surface area contributed by atoms with Crippen molar-refractivity contribution in [3.8, 4) is 17.2 Å². The van der Waals surface area contributed by atoms with E-state index < -0.39 is 89.6 Å². The number of ketones is 3. The van der Waals surface area contributed by atoms with Gasteiger partial charge in [-0.25, -0.2) is 0 Å². The molecule has 5 N–H and O–H groups in total. The first-order valence-corrected chi connectivity index (χ1v) is 12.7. The number of hydrogen-bond acceptors (Lipinski definition) is 11. The Kier molecular flexibility index (Phi) is 6.76. The monoisotopic (exact) mass is 542 g/mol. The molecule has 0 amide bonds. The molecule has 5 rings (SSSR count). The molecule has 3 aliphatic rings. The summed E-state index contributed by atoms with van der Waals surface area (Å²) in [6.07, 6.45) is -4.31. The maximum atomic E-state index is 13.7. The third kappa shape index (κ3) is 4.12. The van der Waals surface area contributed by atoms with Gasteiger partial charge in [-0.3, -0.25) is 14.4 Å². The largest absolute Gasteiger partial charge is 0.507 e. The van der Waals surface area contributed by atoms with Gasteiger partial charge in [0.15, 0.2) is 17.9 Å². The predicted molar refractivity (Wildman–Crippen MR) is 133 cm³/mol. The number of methoxy groups -OCH3 is 1. The molecular weight excluding hydrogens is 512 g/mol. The van der Waals surface area contributed by atoms with E-state index in [1.54, 1.807) is 13.8 Å². The van der Waals surface area contributed by atoms with Crippen molar-refractivity contribution in [2.75, 3.05) is 13.7 Å². The van der Waals surface area contributed by atoms with Gasteiger partial charge >= 0.3 is 0 Å². The van der Waals surface area contributed by atoms with Gasteiger partial charge in [0.2, 0.25) is 5.78 Å². The third-order valence-electron chi connectivity index (χ3n) is 8.05. The molecule has 0 radical (unpaired) electrons. The van der Waals surface area contributed by atoms with Crippen molar-refractivity contribution in [2.45, 2.75) is 63.3 Å². The van der Waals surface area contributed by atoms with Gasteiger partial charge in [0, 0.05) is 36.0 Å². The molecule has 1 aliphatic heterocycles. The topological polar surface area (TPSA) is 180 Å². The van der Waals surface area contributed by atoms with Crippen molar-refractivity contribution >= 4 is 17.3 Å². The van der Waals surface area contributed by atoms with Gasteiger partial charge in [0.05, 0.1) is 42.1 Å². The zero-order valence-electron chi connectivity index (χ0n) is 21.6. The Hall–Kier alpha value is -3.35. The van der Waals surface area contributed by atoms with Crippen LogP contribution in [-0.2, 0) is 20.7 Å². The van der Waals surface area contributed by atoms with E-state index in [2.05, 4.69) is 0 Å². The highest BCUT2D eigenvalue weighted by Crippen LogP contribution is 2.52. The minimum atomic E-state index is -2.21. The lowest BCUT2D eigenvalue weighted by Crippen LogP contribution is -2.49. The van der Waals surface area contributed by atoms with E-state index in [1.807, 2.05) is 0 Å². The molecular formula is C28H30O11. The second-order valence-electron chi connectivity index (χ2n) is 10.5. The molecule has 0 unspecified atom stereocenters. The summed E-state index contributed by atoms with van der Waals surface area (Å²) in [5.74, 6) is -3.87. The van der Waals surface area contributed by atoms with Crippen molar-refractivity contribution in [2.24, 2.45) is 5.92 Å². The summed E-state index contributed by atoms with van der Waals surface area (Å²) in [5, 5.41) is 53.9. The maximum Gasteiger partial charge on any atom is 0.202 e. The minimum absolute atomic E-state index is 0.0380. The number of phenols is 2. The molecule has 2 aromatic carbocycles. The standard InChI is InChI=1S/C28H30O11/c1-11-7-18(38-12(2)23(11)31)39-16-9-28(36,17(30)10-29)8-14-20(16)27(35)22-21(25(14)33)24(32)13-5-4-6-15(37-3)19(13)26(22)34/h4-6,11-12,16,18,23,29,31,33,35-36H,7-10H2,1-3H3/t11-,12-,16-,18-,23+,28-/m0/s1. The predicted octanol–water partition coefficient (Wildman–Crippen LogP) is 1.31. The third-order valence-corrected chi connectivity index (χ3v) is 8.05. The van der Waals surface area contributed by atoms with Crippen LogP contribution in [0.25, 0.3) is 0 Å². The van der Waals surface area contributed by atoms with Gasteiger partial charge in [0.1, 0.15) is 29.5 Å². The number of hydrogen-bond donors (Lipinski definition) is 5. The number of aliphatic hydroxyl groups is 3. The zero-order valence-corrected chi connectivity index (χ0v) is 21.6. The first-order chi connectivity index (χ1) is 18.4. The lowest BCUT2D eigenvalue weighted by Gasteiger charge is -2.42. The Morgan fingerprint density at radius 3 is 2.44 bits per heavy atom. The Morgan fingerprint density at radius 1 is 1.10 bits per heavy atom. The highest BCUT2D eigenvalue weighted by atomic mass is 16.7. The van der Waals surface area contributed by atoms with Crippen molar-refractivity contribution in [3.05, 3.63) is 51.6 Å². The van der Waals surface area contributed by atoms with E-state index >= 15 is 0 Å². The molecule has 11 nitrogen and oxygen atoms in total. The summed E-state index contributed by atoms with van der Waals surface area (Å²) >= 11 is 0. The minimum Gasteiger partial charge on any atom is -0.507 e. The van der Waals surface area contributed by atoms with Gasteiger partial charge in [-0.1, -0.05) is 19.1 Å². The van der Waals surface area contributed by atoms with Crippen LogP contribution in [0.15, 0.2) is 18.2 Å². The molecule has 0 saturated carbocycles. The molecule has 6 atom stereocenters. The molecule has 1 fully saturated rings. The summed E-state index contributed by atoms with van der Waals surface area (Å²) in [6, 6.07) is 4.40. The van der Waals surface area contributed by atoms with Crippen LogP contribution in [0, 0.1) is 5.92 Å². The van der Waals surface area contributed by atoms with Crippen molar-refractivity contribution < 1.29 is 54.1 Å². The number of phenolic OH excluding ortho intramolecular Hbond substituents is 2. The molecule has 0 bridgehead atoms. The Balaban J connectivity index is 1.69. The quantitative estimate of drug-likeness (QED) is 0.293. The van der Waals surface area contributed by atoms with Crippen LogP contribution < -0.4 is 4.74 Å². The Bertz CT molecular complexity index is 1370. The smallest absolute Gasteiger partial charge is 0.202 e. The fourth-order valence-corrected chi connectivity index (χ4v) is 5.95. The lowest BCUT2D eigenvalue weighted by atomic mass is 9.72. The van der Waals surface area contributed by atoms with Crippen LogP contribution >= 0.6 is 0 Å². The van der Waals surface area contributed by atoms with E-state index in [0.717, 1.165) is 0 Å². The SMILES string of the molecule is COc1cccc2c1C(=O)c1c(O)c3c(c(O)c1C2=O)C[C@@](O)(C(=O)CO)C[C@@H]3O[C@H]1C[C@H](C)[C@@H](O)[C@H](C)O1. The van der Waals surface area contributed by atoms with Gasteiger partial charge in [0.25, 0.3) is 0 Å². The summed E-state index contributed by atoms with van der Waals surface area (Å²) in [4.78, 5) is 39.8. The number of carbonyl (C=O) groups excluding carboxylic acids is 3. The number of aromatic hydroxyl groups is 2. The summed E-state index contributed by atoms with van der Waals surface area (Å²) < 4.78 is 17.2. The van der Waals surface area contributed by atoms with Gasteiger partial charge in [-0.2, -0.15) is 0 Å². The summed E-state index contributed by atoms with van der Waals surface area (Å²) in [6.45, 7) is 2.46. The van der Waals surface area contributed by atoms with Crippen molar-refractivity contribution in [1.29, 1.82) is 0 Å². The van der Waals surface area contributed by atoms with E-state index in [9.17, 15) is 39.9 Å². The number of aliphatic hydroxyl groups excluding tert-OH is 2. The first-order valence-electron chi connectivity index (χ1n) is 12.7. The normalized spacial score (nSPS) is 29.8.